The van der Waals surface area contributed by atoms with Crippen LogP contribution < -0.4 is 0 Å². The predicted molar refractivity (Wildman–Crippen MR) is 117 cm³/mol. The lowest BCUT2D eigenvalue weighted by molar-refractivity contribution is -0.118. The van der Waals surface area contributed by atoms with Crippen LogP contribution in [0.25, 0.3) is 0 Å². The van der Waals surface area contributed by atoms with Crippen LogP contribution in [-0.4, -0.2) is 24.6 Å². The van der Waals surface area contributed by atoms with E-state index in [0.29, 0.717) is 6.61 Å². The molecule has 0 saturated heterocycles. The number of unbranched alkanes of at least 4 members (excludes halogenated alkanes) is 15. The molecule has 0 amide bonds. The molecule has 0 radical (unpaired) electrons. The molecule has 1 unspecified atom stereocenters. The van der Waals surface area contributed by atoms with E-state index in [0.717, 1.165) is 12.8 Å². The second kappa shape index (κ2) is 20.0. The first kappa shape index (κ1) is 27.7. The molecule has 0 rings (SSSR count). The summed E-state index contributed by atoms with van der Waals surface area (Å²) in [6.07, 6.45) is 16.4. The van der Waals surface area contributed by atoms with Gasteiger partial charge in [0, 0.05) is 6.61 Å². The summed E-state index contributed by atoms with van der Waals surface area (Å²) in [7, 11) is 0. The first-order chi connectivity index (χ1) is 13.0. The molecule has 0 aliphatic rings. The summed E-state index contributed by atoms with van der Waals surface area (Å²) in [5, 5.41) is 9.45. The third kappa shape index (κ3) is 24.7. The maximum absolute atomic E-state index is 10.9. The molecule has 0 aliphatic heterocycles. The number of hydrogen-bond donors (Lipinski definition) is 1. The maximum atomic E-state index is 10.9. The van der Waals surface area contributed by atoms with Crippen molar-refractivity contribution in [1.82, 2.24) is 0 Å². The van der Waals surface area contributed by atoms with Crippen molar-refractivity contribution in [3.05, 3.63) is 0 Å². The molecule has 0 aliphatic carbocycles. The van der Waals surface area contributed by atoms with Gasteiger partial charge >= 0.3 is 6.07 Å². The number of ether oxygens (including phenoxy) is 1. The first-order valence-electron chi connectivity index (χ1n) is 10.9. The molecule has 0 aromatic carbocycles. The zero-order chi connectivity index (χ0) is 20.2. The summed E-state index contributed by atoms with van der Waals surface area (Å²) in [5.74, 6) is 0. The highest BCUT2D eigenvalue weighted by Crippen LogP contribution is 2.57. The van der Waals surface area contributed by atoms with Gasteiger partial charge in [-0.05, 0) is 28.9 Å². The zero-order valence-corrected chi connectivity index (χ0v) is 19.6. The fraction of sp³-hybridized carbons (Fsp3) is 1.00. The lowest BCUT2D eigenvalue weighted by Gasteiger charge is -2.12. The number of hydrogen-bond acceptors (Lipinski definition) is 4. The lowest BCUT2D eigenvalue weighted by Crippen LogP contribution is -2.18. The fourth-order valence-electron chi connectivity index (χ4n) is 3.07. The van der Waals surface area contributed by atoms with Gasteiger partial charge in [-0.15, -0.1) is 0 Å². The highest BCUT2D eigenvalue weighted by molar-refractivity contribution is 8.05. The van der Waals surface area contributed by atoms with Gasteiger partial charge in [0.2, 0.25) is 0 Å². The Hall–Kier alpha value is 0.690. The smallest absolute Gasteiger partial charge is 0.366 e. The van der Waals surface area contributed by atoms with Gasteiger partial charge in [0.1, 0.15) is 6.61 Å². The van der Waals surface area contributed by atoms with Crippen LogP contribution in [0.5, 0.6) is 0 Å². The Kier molecular flexibility index (Phi) is 20.5. The average molecular weight is 447 g/mol. The summed E-state index contributed by atoms with van der Waals surface area (Å²) >= 11 is 10.4. The van der Waals surface area contributed by atoms with Gasteiger partial charge in [-0.1, -0.05) is 103 Å². The average Bonchev–Trinajstić information content (AvgIpc) is 2.62. The lowest BCUT2D eigenvalue weighted by atomic mass is 10.0. The molecule has 1 N–H and O–H groups in total. The van der Waals surface area contributed by atoms with Gasteiger partial charge in [-0.25, -0.2) is 0 Å². The maximum Gasteiger partial charge on any atom is 0.380 e. The van der Waals surface area contributed by atoms with E-state index < -0.39 is 12.4 Å². The third-order valence-electron chi connectivity index (χ3n) is 4.68. The van der Waals surface area contributed by atoms with Gasteiger partial charge in [0.25, 0.3) is 0 Å². The second-order valence-electron chi connectivity index (χ2n) is 7.34. The minimum absolute atomic E-state index is 0.275. The van der Waals surface area contributed by atoms with Crippen LogP contribution in [0.15, 0.2) is 0 Å². The molecule has 0 spiro atoms. The Morgan fingerprint density at radius 3 is 1.48 bits per heavy atom. The topological polar surface area (TPSA) is 55.8 Å². The van der Waals surface area contributed by atoms with Gasteiger partial charge in [0.15, 0.2) is 6.29 Å². The molecule has 27 heavy (non-hydrogen) atoms. The number of aliphatic hydroxyl groups excluding tert-OH is 1. The molecule has 4 nitrogen and oxygen atoms in total. The van der Waals surface area contributed by atoms with Crippen LogP contribution in [0.3, 0.4) is 0 Å². The van der Waals surface area contributed by atoms with E-state index in [1.54, 1.807) is 0 Å². The van der Waals surface area contributed by atoms with Crippen molar-refractivity contribution < 1.29 is 18.9 Å². The number of halogens is 2. The number of rotatable bonds is 21. The van der Waals surface area contributed by atoms with Crippen LogP contribution in [0.1, 0.15) is 110 Å². The molecule has 0 aromatic rings. The number of aliphatic hydroxyl groups is 1. The van der Waals surface area contributed by atoms with E-state index in [9.17, 15) is 9.67 Å². The fourth-order valence-corrected chi connectivity index (χ4v) is 3.71. The Labute approximate surface area is 176 Å². The van der Waals surface area contributed by atoms with E-state index >= 15 is 0 Å². The second-order valence-corrected chi connectivity index (χ2v) is 11.6. The molecular formula is C20H41Cl2O4P. The summed E-state index contributed by atoms with van der Waals surface area (Å²) in [6, 6.07) is 0. The third-order valence-corrected chi connectivity index (χ3v) is 5.71. The Morgan fingerprint density at radius 2 is 1.11 bits per heavy atom. The molecule has 0 fully saturated rings. The van der Waals surface area contributed by atoms with Crippen molar-refractivity contribution >= 4 is 28.6 Å². The van der Waals surface area contributed by atoms with Crippen molar-refractivity contribution in [3.63, 3.8) is 0 Å². The normalized spacial score (nSPS) is 13.2. The van der Waals surface area contributed by atoms with E-state index in [1.165, 1.54) is 89.9 Å². The van der Waals surface area contributed by atoms with Gasteiger partial charge in [-0.3, -0.25) is 4.57 Å². The van der Waals surface area contributed by atoms with Crippen molar-refractivity contribution in [1.29, 1.82) is 0 Å². The van der Waals surface area contributed by atoms with Gasteiger partial charge in [0.05, 0.1) is 0 Å². The zero-order valence-electron chi connectivity index (χ0n) is 17.2. The van der Waals surface area contributed by atoms with Gasteiger partial charge in [-0.2, -0.15) is 0 Å². The van der Waals surface area contributed by atoms with Gasteiger partial charge < -0.3 is 14.4 Å². The summed E-state index contributed by atoms with van der Waals surface area (Å²) in [4.78, 5) is 0. The molecule has 7 heteroatoms. The van der Waals surface area contributed by atoms with E-state index in [1.807, 2.05) is 0 Å². The monoisotopic (exact) mass is 446 g/mol. The van der Waals surface area contributed by atoms with Crippen molar-refractivity contribution in [3.8, 4) is 0 Å². The summed E-state index contributed by atoms with van der Waals surface area (Å²) in [6.45, 7) is 2.45. The van der Waals surface area contributed by atoms with E-state index in [4.69, 9.17) is 27.2 Å². The molecule has 0 bridgehead atoms. The van der Waals surface area contributed by atoms with Crippen molar-refractivity contribution in [2.75, 3.05) is 13.2 Å². The quantitative estimate of drug-likeness (QED) is 0.109. The molecule has 0 aromatic heterocycles. The molecule has 1 atom stereocenters. The first-order valence-corrected chi connectivity index (χ1v) is 14.3. The largest absolute Gasteiger partial charge is 0.380 e. The van der Waals surface area contributed by atoms with E-state index in [2.05, 4.69) is 11.4 Å². The summed E-state index contributed by atoms with van der Waals surface area (Å²) < 4.78 is 20.6. The SMILES string of the molecule is CCCCCCCCCCCCCCCCCCOC(O)COP(=O)(Cl)Cl. The predicted octanol–water partition coefficient (Wildman–Crippen LogP) is 8.19. The highest BCUT2D eigenvalue weighted by atomic mass is 35.9. The minimum Gasteiger partial charge on any atom is -0.366 e. The van der Waals surface area contributed by atoms with Crippen LogP contribution in [0.4, 0.5) is 0 Å². The Balaban J connectivity index is 3.13. The van der Waals surface area contributed by atoms with E-state index in [-0.39, 0.29) is 6.61 Å². The van der Waals surface area contributed by atoms with Crippen LogP contribution >= 0.6 is 28.6 Å². The Morgan fingerprint density at radius 1 is 0.741 bits per heavy atom. The van der Waals surface area contributed by atoms with Crippen LogP contribution in [0.2, 0.25) is 0 Å². The molecule has 0 heterocycles. The van der Waals surface area contributed by atoms with Crippen LogP contribution in [-0.2, 0) is 13.8 Å². The minimum atomic E-state index is -3.59. The molecule has 164 valence electrons. The van der Waals surface area contributed by atoms with Crippen LogP contribution in [0, 0.1) is 0 Å². The van der Waals surface area contributed by atoms with Crippen molar-refractivity contribution in [2.24, 2.45) is 0 Å². The summed E-state index contributed by atoms with van der Waals surface area (Å²) in [5.41, 5.74) is 0. The Bertz CT molecular complexity index is 353. The van der Waals surface area contributed by atoms with Crippen molar-refractivity contribution in [2.45, 2.75) is 116 Å². The highest BCUT2D eigenvalue weighted by Gasteiger charge is 2.17. The standard InChI is InChI=1S/C20H41Cl2O4P/c1-2-3-4-5-6-7-8-9-10-11-12-13-14-15-16-17-18-25-20(23)19-26-27(21,22)24/h20,23H,2-19H2,1H3. The molecular weight excluding hydrogens is 406 g/mol. The molecule has 0 saturated carbocycles.